The van der Waals surface area contributed by atoms with E-state index in [-0.39, 0.29) is 41.4 Å². The Labute approximate surface area is 189 Å². The van der Waals surface area contributed by atoms with Crippen molar-refractivity contribution in [3.63, 3.8) is 0 Å². The van der Waals surface area contributed by atoms with Crippen LogP contribution in [-0.2, 0) is 4.79 Å². The number of hydrogen-bond donors (Lipinski definition) is 2. The summed E-state index contributed by atoms with van der Waals surface area (Å²) >= 11 is 0. The maximum atomic E-state index is 14.9. The number of hydrogen-bond acceptors (Lipinski definition) is 7. The second-order valence-electron chi connectivity index (χ2n) is 8.07. The van der Waals surface area contributed by atoms with Gasteiger partial charge >= 0.3 is 11.9 Å². The molecule has 1 aromatic carbocycles. The van der Waals surface area contributed by atoms with E-state index in [0.29, 0.717) is 5.69 Å². The van der Waals surface area contributed by atoms with E-state index < -0.39 is 24.3 Å². The number of anilines is 4. The number of carbonyl (C=O) groups excluding carboxylic acids is 1. The summed E-state index contributed by atoms with van der Waals surface area (Å²) in [6.45, 7) is 0.942. The van der Waals surface area contributed by atoms with Gasteiger partial charge in [0, 0.05) is 12.6 Å². The lowest BCUT2D eigenvalue weighted by Crippen LogP contribution is -2.49. The third kappa shape index (κ3) is 4.27. The molecule has 1 amide bonds. The van der Waals surface area contributed by atoms with Gasteiger partial charge in [0.1, 0.15) is 11.4 Å². The highest BCUT2D eigenvalue weighted by Crippen LogP contribution is 2.40. The maximum Gasteiger partial charge on any atom is 0.342 e. The number of fused-ring (bicyclic) bond motifs is 1. The van der Waals surface area contributed by atoms with Gasteiger partial charge in [-0.15, -0.1) is 0 Å². The van der Waals surface area contributed by atoms with Crippen LogP contribution < -0.4 is 19.9 Å². The molecule has 0 radical (unpaired) electrons. The molecule has 2 aliphatic rings. The van der Waals surface area contributed by atoms with E-state index in [9.17, 15) is 23.5 Å². The van der Waals surface area contributed by atoms with Crippen molar-refractivity contribution in [1.82, 2.24) is 9.97 Å². The summed E-state index contributed by atoms with van der Waals surface area (Å²) in [5, 5.41) is 12.2. The molecule has 0 bridgehead atoms. The average Bonchev–Trinajstić information content (AvgIpc) is 3.31. The summed E-state index contributed by atoms with van der Waals surface area (Å²) in [5.74, 6) is -5.26. The van der Waals surface area contributed by atoms with Crippen molar-refractivity contribution in [1.29, 1.82) is 0 Å². The zero-order valence-corrected chi connectivity index (χ0v) is 18.3. The summed E-state index contributed by atoms with van der Waals surface area (Å²) in [5.41, 5.74) is 0.703. The third-order valence-electron chi connectivity index (χ3n) is 6.02. The molecule has 2 heterocycles. The van der Waals surface area contributed by atoms with Gasteiger partial charge in [-0.25, -0.2) is 9.78 Å². The van der Waals surface area contributed by atoms with Gasteiger partial charge in [0.2, 0.25) is 5.95 Å². The molecule has 4 rings (SSSR count). The van der Waals surface area contributed by atoms with E-state index in [0.717, 1.165) is 30.6 Å². The molecule has 11 heteroatoms. The largest absolute Gasteiger partial charge is 0.495 e. The topological polar surface area (TPSA) is 108 Å². The first-order valence-electron chi connectivity index (χ1n) is 10.8. The number of nitrogens with zero attached hydrogens (tertiary/aromatic N) is 4. The monoisotopic (exact) mass is 461 g/mol. The molecule has 0 spiro atoms. The highest BCUT2D eigenvalue weighted by Gasteiger charge is 2.49. The lowest BCUT2D eigenvalue weighted by Gasteiger charge is -2.31. The van der Waals surface area contributed by atoms with Crippen LogP contribution in [0.15, 0.2) is 24.4 Å². The zero-order chi connectivity index (χ0) is 23.8. The quantitative estimate of drug-likeness (QED) is 0.671. The fourth-order valence-electron chi connectivity index (χ4n) is 4.37. The van der Waals surface area contributed by atoms with Gasteiger partial charge in [-0.3, -0.25) is 4.79 Å². The van der Waals surface area contributed by atoms with Gasteiger partial charge in [-0.2, -0.15) is 13.8 Å². The number of ether oxygens (including phenoxy) is 1. The van der Waals surface area contributed by atoms with Crippen molar-refractivity contribution < 1.29 is 28.2 Å². The van der Waals surface area contributed by atoms with E-state index in [1.165, 1.54) is 36.4 Å². The molecule has 1 aromatic heterocycles. The van der Waals surface area contributed by atoms with Crippen molar-refractivity contribution >= 4 is 35.0 Å². The molecule has 176 valence electrons. The minimum Gasteiger partial charge on any atom is -0.495 e. The average molecular weight is 461 g/mol. The number of benzene rings is 1. The molecular weight excluding hydrogens is 436 g/mol. The molecule has 2 N–H and O–H groups in total. The minimum absolute atomic E-state index is 0.0481. The molecule has 1 aliphatic carbocycles. The number of rotatable bonds is 6. The highest BCUT2D eigenvalue weighted by molar-refractivity contribution is 6.02. The van der Waals surface area contributed by atoms with Crippen LogP contribution in [0.25, 0.3) is 0 Å². The molecule has 0 saturated heterocycles. The number of carboxylic acid groups (broad SMARTS) is 1. The van der Waals surface area contributed by atoms with Crippen LogP contribution in [0.2, 0.25) is 0 Å². The zero-order valence-electron chi connectivity index (χ0n) is 18.3. The molecule has 33 heavy (non-hydrogen) atoms. The molecule has 2 aromatic rings. The number of nitrogens with one attached hydrogen (secondary N) is 1. The Kier molecular flexibility index (Phi) is 6.05. The van der Waals surface area contributed by atoms with Crippen molar-refractivity contribution in [2.75, 3.05) is 35.3 Å². The second-order valence-corrected chi connectivity index (χ2v) is 8.07. The van der Waals surface area contributed by atoms with E-state index in [1.807, 2.05) is 0 Å². The Morgan fingerprint density at radius 2 is 2.06 bits per heavy atom. The molecule has 0 atom stereocenters. The van der Waals surface area contributed by atoms with Crippen LogP contribution in [0.1, 0.15) is 43.0 Å². The van der Waals surface area contributed by atoms with Gasteiger partial charge in [-0.1, -0.05) is 12.8 Å². The third-order valence-corrected chi connectivity index (χ3v) is 6.02. The van der Waals surface area contributed by atoms with Crippen LogP contribution in [0.5, 0.6) is 5.75 Å². The first-order chi connectivity index (χ1) is 15.7. The van der Waals surface area contributed by atoms with Crippen LogP contribution in [0, 0.1) is 0 Å². The Morgan fingerprint density at radius 1 is 1.33 bits per heavy atom. The van der Waals surface area contributed by atoms with Gasteiger partial charge in [0.25, 0.3) is 5.91 Å². The summed E-state index contributed by atoms with van der Waals surface area (Å²) in [7, 11) is 1.40. The maximum absolute atomic E-state index is 14.9. The summed E-state index contributed by atoms with van der Waals surface area (Å²) in [6.07, 6.45) is 4.71. The van der Waals surface area contributed by atoms with Crippen molar-refractivity contribution in [2.45, 2.75) is 44.6 Å². The number of alkyl halides is 2. The number of amides is 1. The predicted molar refractivity (Wildman–Crippen MR) is 118 cm³/mol. The van der Waals surface area contributed by atoms with Crippen LogP contribution in [-0.4, -0.2) is 59.1 Å². The molecule has 0 unspecified atom stereocenters. The van der Waals surface area contributed by atoms with E-state index in [2.05, 4.69) is 15.3 Å². The Balaban J connectivity index is 1.76. The van der Waals surface area contributed by atoms with Crippen LogP contribution >= 0.6 is 0 Å². The molecular formula is C22H25F2N5O4. The second kappa shape index (κ2) is 8.80. The van der Waals surface area contributed by atoms with Crippen molar-refractivity contribution in [3.05, 3.63) is 30.0 Å². The van der Waals surface area contributed by atoms with Gasteiger partial charge in [-0.05, 0) is 38.0 Å². The van der Waals surface area contributed by atoms with Gasteiger partial charge in [0.15, 0.2) is 5.82 Å². The molecule has 1 saturated carbocycles. The summed E-state index contributed by atoms with van der Waals surface area (Å²) in [4.78, 5) is 35.1. The number of carbonyl (C=O) groups is 2. The Bertz CT molecular complexity index is 1070. The lowest BCUT2D eigenvalue weighted by molar-refractivity contribution is -0.140. The van der Waals surface area contributed by atoms with Crippen LogP contribution in [0.4, 0.5) is 31.9 Å². The molecule has 1 aliphatic heterocycles. The van der Waals surface area contributed by atoms with E-state index in [4.69, 9.17) is 4.74 Å². The van der Waals surface area contributed by atoms with E-state index in [1.54, 1.807) is 6.92 Å². The molecule has 9 nitrogen and oxygen atoms in total. The van der Waals surface area contributed by atoms with E-state index >= 15 is 0 Å². The normalized spacial score (nSPS) is 18.1. The summed E-state index contributed by atoms with van der Waals surface area (Å²) in [6, 6.07) is 4.13. The number of carboxylic acids is 1. The molecule has 1 fully saturated rings. The number of aromatic nitrogens is 2. The number of halogens is 2. The fourth-order valence-corrected chi connectivity index (χ4v) is 4.37. The minimum atomic E-state index is -3.55. The predicted octanol–water partition coefficient (Wildman–Crippen LogP) is 3.68. The standard InChI is InChI=1S/C22H25F2N5O4/c1-3-28-16-11-25-21(26-15-9-8-13(19(30)31)10-17(15)33-2)27-18(16)29(14-6-4-5-7-14)12-22(23,24)20(28)32/h8-11,14H,3-7,12H2,1-2H3,(H,30,31)(H,25,26,27). The highest BCUT2D eigenvalue weighted by atomic mass is 19.3. The first-order valence-corrected chi connectivity index (χ1v) is 10.8. The Hall–Kier alpha value is -3.50. The first kappa shape index (κ1) is 22.7. The summed E-state index contributed by atoms with van der Waals surface area (Å²) < 4.78 is 35.0. The SMILES string of the molecule is CCN1C(=O)C(F)(F)CN(C2CCCC2)c2nc(Nc3ccc(C(=O)O)cc3OC)ncc21. The number of methoxy groups -OCH3 is 1. The van der Waals surface area contributed by atoms with Gasteiger partial charge < -0.3 is 25.0 Å². The lowest BCUT2D eigenvalue weighted by atomic mass is 10.2. The van der Waals surface area contributed by atoms with Crippen LogP contribution in [0.3, 0.4) is 0 Å². The number of aromatic carboxylic acids is 1. The smallest absolute Gasteiger partial charge is 0.342 e. The van der Waals surface area contributed by atoms with Gasteiger partial charge in [0.05, 0.1) is 31.1 Å². The van der Waals surface area contributed by atoms with Crippen molar-refractivity contribution in [2.24, 2.45) is 0 Å². The fraction of sp³-hybridized carbons (Fsp3) is 0.455. The van der Waals surface area contributed by atoms with Crippen molar-refractivity contribution in [3.8, 4) is 5.75 Å². The Morgan fingerprint density at radius 3 is 2.70 bits per heavy atom.